The number of amides is 1. The van der Waals surface area contributed by atoms with Gasteiger partial charge in [-0.15, -0.1) is 11.3 Å². The van der Waals surface area contributed by atoms with Crippen LogP contribution >= 0.6 is 11.3 Å². The molecule has 5 rings (SSSR count). The first-order valence-corrected chi connectivity index (χ1v) is 12.8. The number of thiophene rings is 1. The number of para-hydroxylation sites is 1. The number of fused-ring (bicyclic) bond motifs is 2. The number of carbonyl (C=O) groups excluding carboxylic acids is 1. The summed E-state index contributed by atoms with van der Waals surface area (Å²) in [7, 11) is 1.55. The zero-order valence-electron chi connectivity index (χ0n) is 20.1. The van der Waals surface area contributed by atoms with Gasteiger partial charge in [0, 0.05) is 43.5 Å². The lowest BCUT2D eigenvalue weighted by Crippen LogP contribution is -2.39. The van der Waals surface area contributed by atoms with Gasteiger partial charge < -0.3 is 19.7 Å². The zero-order chi connectivity index (χ0) is 24.7. The molecule has 0 aliphatic carbocycles. The molecular weight excluding hydrogens is 472 g/mol. The molecule has 186 valence electrons. The molecule has 9 heteroatoms. The first-order chi connectivity index (χ1) is 16.8. The smallest absolute Gasteiger partial charge is 0.262 e. The number of carbonyl (C=O) groups is 1. The van der Waals surface area contributed by atoms with Crippen LogP contribution in [0.3, 0.4) is 0 Å². The lowest BCUT2D eigenvalue weighted by molar-refractivity contribution is -0.0220. The largest absolute Gasteiger partial charge is 0.493 e. The molecule has 2 aromatic heterocycles. The van der Waals surface area contributed by atoms with E-state index in [-0.39, 0.29) is 43.8 Å². The first-order valence-electron chi connectivity index (χ1n) is 11.9. The quantitative estimate of drug-likeness (QED) is 0.470. The third-order valence-corrected chi connectivity index (χ3v) is 7.96. The van der Waals surface area contributed by atoms with Gasteiger partial charge in [0.05, 0.1) is 41.0 Å². The normalized spacial score (nSPS) is 19.4. The van der Waals surface area contributed by atoms with Crippen LogP contribution in [0.1, 0.15) is 65.9 Å². The fraction of sp³-hybridized carbons (Fsp3) is 0.462. The van der Waals surface area contributed by atoms with Crippen molar-refractivity contribution in [3.05, 3.63) is 46.5 Å². The van der Waals surface area contributed by atoms with Crippen LogP contribution in [0.2, 0.25) is 0 Å². The van der Waals surface area contributed by atoms with Crippen molar-refractivity contribution in [1.29, 1.82) is 0 Å². The van der Waals surface area contributed by atoms with E-state index >= 15 is 0 Å². The van der Waals surface area contributed by atoms with Gasteiger partial charge in [0.15, 0.2) is 5.75 Å². The predicted molar refractivity (Wildman–Crippen MR) is 133 cm³/mol. The number of aromatic nitrogens is 1. The van der Waals surface area contributed by atoms with E-state index in [2.05, 4.69) is 10.3 Å². The number of ether oxygens (including phenoxy) is 2. The Labute approximate surface area is 207 Å². The van der Waals surface area contributed by atoms with Crippen LogP contribution in [0, 0.1) is 0 Å². The highest BCUT2D eigenvalue weighted by Crippen LogP contribution is 2.46. The summed E-state index contributed by atoms with van der Waals surface area (Å²) in [6, 6.07) is 7.60. The average molecular weight is 502 g/mol. The summed E-state index contributed by atoms with van der Waals surface area (Å²) >= 11 is 1.36. The molecule has 2 aliphatic rings. The summed E-state index contributed by atoms with van der Waals surface area (Å²) in [6.07, 6.45) is 1.90. The number of benzene rings is 1. The number of nitrogens with zero attached hydrogens (tertiary/aromatic N) is 2. The van der Waals surface area contributed by atoms with Crippen molar-refractivity contribution in [3.63, 3.8) is 0 Å². The van der Waals surface area contributed by atoms with E-state index in [1.807, 2.05) is 43.0 Å². The molecule has 1 saturated heterocycles. The Morgan fingerprint density at radius 1 is 1.29 bits per heavy atom. The topological polar surface area (TPSA) is 63.7 Å². The summed E-state index contributed by atoms with van der Waals surface area (Å²) in [5.41, 5.74) is 3.31. The first kappa shape index (κ1) is 23.8. The highest BCUT2D eigenvalue weighted by molar-refractivity contribution is 7.21. The van der Waals surface area contributed by atoms with Crippen molar-refractivity contribution >= 4 is 33.1 Å². The van der Waals surface area contributed by atoms with Gasteiger partial charge in [-0.3, -0.25) is 9.78 Å². The molecule has 4 heterocycles. The Bertz CT molecular complexity index is 1250. The number of pyridine rings is 1. The van der Waals surface area contributed by atoms with E-state index in [0.29, 0.717) is 23.7 Å². The number of piperidine rings is 1. The zero-order valence-corrected chi connectivity index (χ0v) is 20.9. The molecular formula is C26H29F2N3O3S. The van der Waals surface area contributed by atoms with Gasteiger partial charge in [-0.25, -0.2) is 8.78 Å². The van der Waals surface area contributed by atoms with Crippen LogP contribution in [-0.2, 0) is 0 Å². The van der Waals surface area contributed by atoms with Crippen molar-refractivity contribution in [3.8, 4) is 11.5 Å². The highest BCUT2D eigenvalue weighted by Gasteiger charge is 2.36. The standard InChI is InChI=1S/C26H29F2N3O3S/c1-15(2)20-21-24(22(19(33-3)14-29-21)31-11-9-26(27,28)10-12-31)35-23(20)25(32)30-17-8-13-34-18-7-5-4-6-16(17)18/h4-7,14-15,17H,8-13H2,1-3H3,(H,30,32)/t17-/m0/s1. The van der Waals surface area contributed by atoms with Crippen molar-refractivity contribution in [2.45, 2.75) is 51.0 Å². The highest BCUT2D eigenvalue weighted by atomic mass is 32.1. The Morgan fingerprint density at radius 3 is 2.74 bits per heavy atom. The number of methoxy groups -OCH3 is 1. The van der Waals surface area contributed by atoms with Crippen LogP contribution in [0.25, 0.3) is 10.2 Å². The Balaban J connectivity index is 1.55. The maximum Gasteiger partial charge on any atom is 0.262 e. The number of nitrogens with one attached hydrogen (secondary N) is 1. The van der Waals surface area contributed by atoms with Crippen molar-refractivity contribution in [1.82, 2.24) is 10.3 Å². The molecule has 0 saturated carbocycles. The fourth-order valence-electron chi connectivity index (χ4n) is 4.95. The Kier molecular flexibility index (Phi) is 6.29. The predicted octanol–water partition coefficient (Wildman–Crippen LogP) is 5.92. The molecule has 6 nitrogen and oxygen atoms in total. The maximum absolute atomic E-state index is 13.9. The minimum Gasteiger partial charge on any atom is -0.493 e. The molecule has 1 amide bonds. The van der Waals surface area contributed by atoms with Gasteiger partial charge in [0.25, 0.3) is 11.8 Å². The summed E-state index contributed by atoms with van der Waals surface area (Å²) < 4.78 is 39.9. The number of alkyl halides is 2. The summed E-state index contributed by atoms with van der Waals surface area (Å²) in [6.45, 7) is 5.05. The molecule has 2 aliphatic heterocycles. The fourth-order valence-corrected chi connectivity index (χ4v) is 6.33. The minimum atomic E-state index is -2.65. The lowest BCUT2D eigenvalue weighted by atomic mass is 9.99. The van der Waals surface area contributed by atoms with Gasteiger partial charge in [-0.05, 0) is 12.0 Å². The SMILES string of the molecule is COc1cnc2c(C(C)C)c(C(=O)N[C@H]3CCOc4ccccc43)sc2c1N1CCC(F)(F)CC1. The van der Waals surface area contributed by atoms with Crippen LogP contribution < -0.4 is 19.7 Å². The van der Waals surface area contributed by atoms with Crippen LogP contribution in [0.15, 0.2) is 30.5 Å². The van der Waals surface area contributed by atoms with Gasteiger partial charge in [0.1, 0.15) is 11.4 Å². The molecule has 35 heavy (non-hydrogen) atoms. The minimum absolute atomic E-state index is 0.0471. The van der Waals surface area contributed by atoms with Crippen molar-refractivity contribution in [2.75, 3.05) is 31.7 Å². The Morgan fingerprint density at radius 2 is 2.03 bits per heavy atom. The van der Waals surface area contributed by atoms with E-state index in [1.54, 1.807) is 13.3 Å². The van der Waals surface area contributed by atoms with E-state index in [0.717, 1.165) is 32.8 Å². The van der Waals surface area contributed by atoms with Gasteiger partial charge >= 0.3 is 0 Å². The van der Waals surface area contributed by atoms with Gasteiger partial charge in [-0.1, -0.05) is 32.0 Å². The molecule has 0 bridgehead atoms. The molecule has 0 spiro atoms. The second-order valence-electron chi connectivity index (χ2n) is 9.40. The van der Waals surface area contributed by atoms with E-state index in [4.69, 9.17) is 9.47 Å². The number of hydrogen-bond donors (Lipinski definition) is 1. The summed E-state index contributed by atoms with van der Waals surface area (Å²) in [5, 5.41) is 3.21. The average Bonchev–Trinajstić information content (AvgIpc) is 3.24. The third kappa shape index (κ3) is 4.42. The number of hydrogen-bond acceptors (Lipinski definition) is 6. The van der Waals surface area contributed by atoms with Crippen molar-refractivity contribution < 1.29 is 23.0 Å². The van der Waals surface area contributed by atoms with E-state index in [1.165, 1.54) is 11.3 Å². The third-order valence-electron chi connectivity index (χ3n) is 6.76. The van der Waals surface area contributed by atoms with Gasteiger partial charge in [-0.2, -0.15) is 0 Å². The lowest BCUT2D eigenvalue weighted by Gasteiger charge is -2.34. The van der Waals surface area contributed by atoms with Gasteiger partial charge in [0.2, 0.25) is 0 Å². The molecule has 1 N–H and O–H groups in total. The monoisotopic (exact) mass is 501 g/mol. The summed E-state index contributed by atoms with van der Waals surface area (Å²) in [4.78, 5) is 20.8. The van der Waals surface area contributed by atoms with Crippen LogP contribution in [0.4, 0.5) is 14.5 Å². The molecule has 1 aromatic carbocycles. The second kappa shape index (κ2) is 9.26. The molecule has 0 radical (unpaired) electrons. The summed E-state index contributed by atoms with van der Waals surface area (Å²) in [5.74, 6) is -1.44. The number of rotatable bonds is 5. The number of halogens is 2. The van der Waals surface area contributed by atoms with E-state index < -0.39 is 5.92 Å². The van der Waals surface area contributed by atoms with Crippen molar-refractivity contribution in [2.24, 2.45) is 0 Å². The molecule has 3 aromatic rings. The molecule has 1 fully saturated rings. The molecule has 1 atom stereocenters. The van der Waals surface area contributed by atoms with E-state index in [9.17, 15) is 13.6 Å². The Hall–Kier alpha value is -2.94. The van der Waals surface area contributed by atoms with Crippen LogP contribution in [-0.4, -0.2) is 43.6 Å². The second-order valence-corrected chi connectivity index (χ2v) is 10.4. The molecule has 0 unspecified atom stereocenters. The maximum atomic E-state index is 13.9. The number of anilines is 1. The van der Waals surface area contributed by atoms with Crippen LogP contribution in [0.5, 0.6) is 11.5 Å².